The maximum atomic E-state index is 11.6. The number of amides is 3. The zero-order chi connectivity index (χ0) is 11.7. The summed E-state index contributed by atoms with van der Waals surface area (Å²) in [5, 5.41) is 4.56. The molecule has 1 aliphatic rings. The summed E-state index contributed by atoms with van der Waals surface area (Å²) in [5.74, 6) is -1.13. The lowest BCUT2D eigenvalue weighted by Crippen LogP contribution is -2.41. The van der Waals surface area contributed by atoms with Crippen LogP contribution < -0.4 is 10.6 Å². The Kier molecular flexibility index (Phi) is 2.43. The van der Waals surface area contributed by atoms with Gasteiger partial charge in [0, 0.05) is 19.4 Å². The Balaban J connectivity index is 2.06. The van der Waals surface area contributed by atoms with E-state index in [1.807, 2.05) is 0 Å². The molecule has 0 bridgehead atoms. The molecule has 1 saturated heterocycles. The third-order valence-corrected chi connectivity index (χ3v) is 2.30. The highest BCUT2D eigenvalue weighted by Crippen LogP contribution is 2.03. The maximum Gasteiger partial charge on any atom is 0.287 e. The molecule has 3 amide bonds. The molecule has 1 aromatic heterocycles. The van der Waals surface area contributed by atoms with Gasteiger partial charge in [-0.1, -0.05) is 0 Å². The third-order valence-electron chi connectivity index (χ3n) is 2.30. The van der Waals surface area contributed by atoms with Gasteiger partial charge in [-0.15, -0.1) is 0 Å². The van der Waals surface area contributed by atoms with Crippen LogP contribution in [-0.4, -0.2) is 33.3 Å². The second kappa shape index (κ2) is 3.76. The summed E-state index contributed by atoms with van der Waals surface area (Å²) in [6.07, 6.45) is 3.08. The number of carbonyl (C=O) groups is 3. The van der Waals surface area contributed by atoms with Crippen molar-refractivity contribution in [1.82, 2.24) is 20.2 Å². The zero-order valence-corrected chi connectivity index (χ0v) is 8.56. The number of rotatable bonds is 2. The number of aryl methyl sites for hydroxylation is 1. The van der Waals surface area contributed by atoms with Gasteiger partial charge in [-0.05, 0) is 0 Å². The van der Waals surface area contributed by atoms with Crippen LogP contribution in [0.1, 0.15) is 17.0 Å². The summed E-state index contributed by atoms with van der Waals surface area (Å²) in [7, 11) is 1.67. The molecule has 2 N–H and O–H groups in total. The molecule has 0 aromatic carbocycles. The normalized spacial score (nSPS) is 19.7. The van der Waals surface area contributed by atoms with Crippen LogP contribution in [0.15, 0.2) is 12.4 Å². The molecule has 7 nitrogen and oxygen atoms in total. The Hall–Kier alpha value is -2.18. The molecule has 1 fully saturated rings. The smallest absolute Gasteiger partial charge is 0.287 e. The Morgan fingerprint density at radius 2 is 2.38 bits per heavy atom. The van der Waals surface area contributed by atoms with Gasteiger partial charge in [0.15, 0.2) is 5.82 Å². The monoisotopic (exact) mass is 222 g/mol. The van der Waals surface area contributed by atoms with Crippen LogP contribution >= 0.6 is 0 Å². The quantitative estimate of drug-likeness (QED) is 0.600. The van der Waals surface area contributed by atoms with Gasteiger partial charge in [-0.2, -0.15) is 0 Å². The molecule has 7 heteroatoms. The van der Waals surface area contributed by atoms with Crippen molar-refractivity contribution in [3.8, 4) is 0 Å². The zero-order valence-electron chi connectivity index (χ0n) is 8.56. The Bertz CT molecular complexity index is 465. The van der Waals surface area contributed by atoms with Gasteiger partial charge in [0.1, 0.15) is 6.04 Å². The number of hydrogen-bond donors (Lipinski definition) is 2. The molecular formula is C9H10N4O3. The number of imidazole rings is 1. The van der Waals surface area contributed by atoms with Crippen molar-refractivity contribution < 1.29 is 14.4 Å². The van der Waals surface area contributed by atoms with E-state index >= 15 is 0 Å². The molecule has 16 heavy (non-hydrogen) atoms. The van der Waals surface area contributed by atoms with E-state index in [4.69, 9.17) is 0 Å². The van der Waals surface area contributed by atoms with Gasteiger partial charge in [-0.25, -0.2) is 4.98 Å². The van der Waals surface area contributed by atoms with E-state index < -0.39 is 17.9 Å². The summed E-state index contributed by atoms with van der Waals surface area (Å²) in [4.78, 5) is 37.6. The van der Waals surface area contributed by atoms with Gasteiger partial charge in [0.25, 0.3) is 5.91 Å². The standard InChI is InChI=1S/C9H10N4O3/c1-13-3-2-10-7(13)9(16)11-5-4-6(14)12-8(5)15/h2-3,5H,4H2,1H3,(H,11,16)(H,12,14,15). The van der Waals surface area contributed by atoms with E-state index in [1.165, 1.54) is 10.8 Å². The first-order valence-corrected chi connectivity index (χ1v) is 4.70. The summed E-state index contributed by atoms with van der Waals surface area (Å²) < 4.78 is 1.53. The summed E-state index contributed by atoms with van der Waals surface area (Å²) in [5.41, 5.74) is 0. The number of hydrogen-bond acceptors (Lipinski definition) is 4. The number of carbonyl (C=O) groups excluding carboxylic acids is 3. The van der Waals surface area contributed by atoms with Crippen molar-refractivity contribution in [3.05, 3.63) is 18.2 Å². The topological polar surface area (TPSA) is 93.1 Å². The number of nitrogens with one attached hydrogen (secondary N) is 2. The summed E-state index contributed by atoms with van der Waals surface area (Å²) >= 11 is 0. The van der Waals surface area contributed by atoms with Crippen LogP contribution in [-0.2, 0) is 16.6 Å². The van der Waals surface area contributed by atoms with Crippen LogP contribution in [0, 0.1) is 0 Å². The van der Waals surface area contributed by atoms with Gasteiger partial charge < -0.3 is 9.88 Å². The summed E-state index contributed by atoms with van der Waals surface area (Å²) in [6.45, 7) is 0. The Morgan fingerprint density at radius 3 is 2.88 bits per heavy atom. The fraction of sp³-hybridized carbons (Fsp3) is 0.333. The average molecular weight is 222 g/mol. The minimum absolute atomic E-state index is 0.0189. The lowest BCUT2D eigenvalue weighted by Gasteiger charge is -2.08. The number of aromatic nitrogens is 2. The van der Waals surface area contributed by atoms with E-state index in [-0.39, 0.29) is 18.2 Å². The molecule has 1 aromatic rings. The first kappa shape index (κ1) is 10.3. The van der Waals surface area contributed by atoms with E-state index in [0.29, 0.717) is 0 Å². The van der Waals surface area contributed by atoms with Crippen molar-refractivity contribution in [2.24, 2.45) is 7.05 Å². The van der Waals surface area contributed by atoms with Gasteiger partial charge in [0.2, 0.25) is 11.8 Å². The molecule has 0 radical (unpaired) electrons. The first-order chi connectivity index (χ1) is 7.58. The third kappa shape index (κ3) is 1.79. The van der Waals surface area contributed by atoms with E-state index in [0.717, 1.165) is 0 Å². The number of nitrogens with zero attached hydrogens (tertiary/aromatic N) is 2. The fourth-order valence-electron chi connectivity index (χ4n) is 1.48. The van der Waals surface area contributed by atoms with E-state index in [1.54, 1.807) is 13.2 Å². The SMILES string of the molecule is Cn1ccnc1C(=O)NC1CC(=O)NC1=O. The lowest BCUT2D eigenvalue weighted by atomic mass is 10.2. The molecule has 0 aliphatic carbocycles. The number of imide groups is 1. The second-order valence-electron chi connectivity index (χ2n) is 3.50. The van der Waals surface area contributed by atoms with Crippen LogP contribution in [0.2, 0.25) is 0 Å². The van der Waals surface area contributed by atoms with Gasteiger partial charge in [-0.3, -0.25) is 19.7 Å². The molecule has 84 valence electrons. The van der Waals surface area contributed by atoms with Crippen LogP contribution in [0.25, 0.3) is 0 Å². The maximum absolute atomic E-state index is 11.6. The molecule has 1 aliphatic heterocycles. The molecule has 1 atom stereocenters. The molecule has 0 saturated carbocycles. The molecule has 1 unspecified atom stereocenters. The Labute approximate surface area is 90.8 Å². The highest BCUT2D eigenvalue weighted by molar-refractivity contribution is 6.07. The lowest BCUT2D eigenvalue weighted by molar-refractivity contribution is -0.125. The van der Waals surface area contributed by atoms with Crippen molar-refractivity contribution in [3.63, 3.8) is 0 Å². The van der Waals surface area contributed by atoms with Crippen molar-refractivity contribution in [2.75, 3.05) is 0 Å². The van der Waals surface area contributed by atoms with Crippen LogP contribution in [0.5, 0.6) is 0 Å². The summed E-state index contributed by atoms with van der Waals surface area (Å²) in [6, 6.07) is -0.795. The highest BCUT2D eigenvalue weighted by atomic mass is 16.2. The molecule has 2 heterocycles. The predicted octanol–water partition coefficient (Wildman–Crippen LogP) is -1.43. The first-order valence-electron chi connectivity index (χ1n) is 4.70. The minimum Gasteiger partial charge on any atom is -0.337 e. The van der Waals surface area contributed by atoms with Crippen LogP contribution in [0.4, 0.5) is 0 Å². The van der Waals surface area contributed by atoms with E-state index in [2.05, 4.69) is 15.6 Å². The average Bonchev–Trinajstić information content (AvgIpc) is 2.74. The van der Waals surface area contributed by atoms with Crippen molar-refractivity contribution in [2.45, 2.75) is 12.5 Å². The Morgan fingerprint density at radius 1 is 1.62 bits per heavy atom. The molecular weight excluding hydrogens is 212 g/mol. The molecule has 0 spiro atoms. The van der Waals surface area contributed by atoms with Crippen molar-refractivity contribution >= 4 is 17.7 Å². The highest BCUT2D eigenvalue weighted by Gasteiger charge is 2.32. The second-order valence-corrected chi connectivity index (χ2v) is 3.50. The van der Waals surface area contributed by atoms with E-state index in [9.17, 15) is 14.4 Å². The van der Waals surface area contributed by atoms with Crippen LogP contribution in [0.3, 0.4) is 0 Å². The van der Waals surface area contributed by atoms with Crippen molar-refractivity contribution in [1.29, 1.82) is 0 Å². The van der Waals surface area contributed by atoms with Gasteiger partial charge >= 0.3 is 0 Å². The predicted molar refractivity (Wildman–Crippen MR) is 52.2 cm³/mol. The largest absolute Gasteiger partial charge is 0.337 e. The van der Waals surface area contributed by atoms with Gasteiger partial charge in [0.05, 0.1) is 6.42 Å². The minimum atomic E-state index is -0.795. The molecule has 2 rings (SSSR count). The fourth-order valence-corrected chi connectivity index (χ4v) is 1.48.